The molecule has 0 saturated carbocycles. The lowest BCUT2D eigenvalue weighted by Gasteiger charge is -2.12. The molecule has 0 unspecified atom stereocenters. The second kappa shape index (κ2) is 5.61. The van der Waals surface area contributed by atoms with Gasteiger partial charge in [0.25, 0.3) is 0 Å². The molecule has 0 bridgehead atoms. The van der Waals surface area contributed by atoms with Crippen LogP contribution in [0.15, 0.2) is 36.4 Å². The number of urea groups is 1. The average Bonchev–Trinajstić information content (AvgIpc) is 2.36. The Morgan fingerprint density at radius 2 is 1.85 bits per heavy atom. The van der Waals surface area contributed by atoms with Crippen molar-refractivity contribution in [1.29, 1.82) is 0 Å². The number of benzene rings is 2. The number of nitrogens with one attached hydrogen (secondary N) is 2. The maximum atomic E-state index is 13.0. The summed E-state index contributed by atoms with van der Waals surface area (Å²) in [4.78, 5) is 11.9. The molecule has 5 heteroatoms. The third-order valence-electron chi connectivity index (χ3n) is 2.94. The number of rotatable bonds is 2. The largest absolute Gasteiger partial charge is 0.398 e. The summed E-state index contributed by atoms with van der Waals surface area (Å²) in [7, 11) is 0. The fraction of sp³-hybridized carbons (Fsp3) is 0.133. The summed E-state index contributed by atoms with van der Waals surface area (Å²) in [6, 6.07) is 8.85. The normalized spacial score (nSPS) is 10.2. The molecule has 0 aliphatic carbocycles. The summed E-state index contributed by atoms with van der Waals surface area (Å²) in [5.41, 5.74) is 9.31. The van der Waals surface area contributed by atoms with Gasteiger partial charge in [-0.3, -0.25) is 0 Å². The molecule has 0 radical (unpaired) electrons. The van der Waals surface area contributed by atoms with Crippen molar-refractivity contribution in [2.24, 2.45) is 0 Å². The molecule has 2 amide bonds. The van der Waals surface area contributed by atoms with E-state index in [1.807, 2.05) is 19.9 Å². The van der Waals surface area contributed by atoms with Gasteiger partial charge < -0.3 is 16.4 Å². The van der Waals surface area contributed by atoms with E-state index >= 15 is 0 Å². The monoisotopic (exact) mass is 273 g/mol. The predicted octanol–water partition coefficient (Wildman–Crippen LogP) is 3.67. The molecule has 0 fully saturated rings. The van der Waals surface area contributed by atoms with Crippen molar-refractivity contribution < 1.29 is 9.18 Å². The zero-order chi connectivity index (χ0) is 14.7. The number of carbonyl (C=O) groups is 1. The number of anilines is 3. The third kappa shape index (κ3) is 3.26. The van der Waals surface area contributed by atoms with Gasteiger partial charge in [-0.1, -0.05) is 12.1 Å². The summed E-state index contributed by atoms with van der Waals surface area (Å²) in [6.45, 7) is 3.78. The van der Waals surface area contributed by atoms with Gasteiger partial charge in [0.05, 0.1) is 0 Å². The molecule has 4 nitrogen and oxygen atoms in total. The van der Waals surface area contributed by atoms with Gasteiger partial charge in [-0.25, -0.2) is 9.18 Å². The summed E-state index contributed by atoms with van der Waals surface area (Å²) < 4.78 is 13.0. The number of nitrogens with two attached hydrogens (primary N) is 1. The van der Waals surface area contributed by atoms with E-state index in [1.54, 1.807) is 12.1 Å². The molecule has 2 rings (SSSR count). The van der Waals surface area contributed by atoms with E-state index < -0.39 is 11.8 Å². The lowest BCUT2D eigenvalue weighted by atomic mass is 10.1. The lowest BCUT2D eigenvalue weighted by molar-refractivity contribution is 0.262. The lowest BCUT2D eigenvalue weighted by Crippen LogP contribution is -2.20. The van der Waals surface area contributed by atoms with Gasteiger partial charge in [0, 0.05) is 17.1 Å². The van der Waals surface area contributed by atoms with E-state index in [2.05, 4.69) is 10.6 Å². The first kappa shape index (κ1) is 13.9. The molecule has 0 atom stereocenters. The molecule has 2 aromatic carbocycles. The number of hydrogen-bond acceptors (Lipinski definition) is 2. The minimum Gasteiger partial charge on any atom is -0.398 e. The van der Waals surface area contributed by atoms with Crippen LogP contribution in [-0.2, 0) is 0 Å². The average molecular weight is 273 g/mol. The highest BCUT2D eigenvalue weighted by Crippen LogP contribution is 2.22. The maximum absolute atomic E-state index is 13.0. The SMILES string of the molecule is Cc1cc(C)c(NC(=O)Nc2cccc(F)c2)cc1N. The van der Waals surface area contributed by atoms with Crippen LogP contribution in [0, 0.1) is 19.7 Å². The fourth-order valence-electron chi connectivity index (χ4n) is 1.85. The van der Waals surface area contributed by atoms with Crippen molar-refractivity contribution in [2.45, 2.75) is 13.8 Å². The minimum absolute atomic E-state index is 0.389. The number of carbonyl (C=O) groups excluding carboxylic acids is 1. The number of aryl methyl sites for hydroxylation is 2. The first-order valence-corrected chi connectivity index (χ1v) is 6.16. The molecular formula is C15H16FN3O. The highest BCUT2D eigenvalue weighted by atomic mass is 19.1. The van der Waals surface area contributed by atoms with Crippen LogP contribution in [0.4, 0.5) is 26.2 Å². The number of hydrogen-bond donors (Lipinski definition) is 3. The van der Waals surface area contributed by atoms with Gasteiger partial charge in [-0.15, -0.1) is 0 Å². The first-order chi connectivity index (χ1) is 9.45. The van der Waals surface area contributed by atoms with Crippen LogP contribution < -0.4 is 16.4 Å². The Kier molecular flexibility index (Phi) is 3.89. The summed E-state index contributed by atoms with van der Waals surface area (Å²) in [5, 5.41) is 5.26. The van der Waals surface area contributed by atoms with Crippen molar-refractivity contribution in [2.75, 3.05) is 16.4 Å². The molecule has 0 saturated heterocycles. The topological polar surface area (TPSA) is 67.2 Å². The molecule has 104 valence electrons. The molecule has 0 aromatic heterocycles. The summed E-state index contributed by atoms with van der Waals surface area (Å²) >= 11 is 0. The Balaban J connectivity index is 2.10. The van der Waals surface area contributed by atoms with Gasteiger partial charge in [-0.2, -0.15) is 0 Å². The van der Waals surface area contributed by atoms with E-state index in [0.29, 0.717) is 17.1 Å². The van der Waals surface area contributed by atoms with Crippen molar-refractivity contribution in [3.05, 3.63) is 53.3 Å². The zero-order valence-corrected chi connectivity index (χ0v) is 11.3. The highest BCUT2D eigenvalue weighted by molar-refractivity contribution is 6.00. The van der Waals surface area contributed by atoms with Crippen LogP contribution in [-0.4, -0.2) is 6.03 Å². The minimum atomic E-state index is -0.443. The van der Waals surface area contributed by atoms with Crippen LogP contribution in [0.1, 0.15) is 11.1 Å². The molecule has 0 heterocycles. The predicted molar refractivity (Wildman–Crippen MR) is 79.4 cm³/mol. The van der Waals surface area contributed by atoms with E-state index in [4.69, 9.17) is 5.73 Å². The molecule has 20 heavy (non-hydrogen) atoms. The van der Waals surface area contributed by atoms with Crippen LogP contribution in [0.3, 0.4) is 0 Å². The Hall–Kier alpha value is -2.56. The first-order valence-electron chi connectivity index (χ1n) is 6.16. The number of nitrogen functional groups attached to an aromatic ring is 1. The Bertz CT molecular complexity index is 656. The molecule has 0 spiro atoms. The van der Waals surface area contributed by atoms with E-state index in [9.17, 15) is 9.18 Å². The number of halogens is 1. The van der Waals surface area contributed by atoms with Gasteiger partial charge in [-0.05, 0) is 49.2 Å². The van der Waals surface area contributed by atoms with Crippen molar-refractivity contribution in [1.82, 2.24) is 0 Å². The second-order valence-corrected chi connectivity index (χ2v) is 4.61. The van der Waals surface area contributed by atoms with E-state index in [0.717, 1.165) is 11.1 Å². The van der Waals surface area contributed by atoms with E-state index in [1.165, 1.54) is 18.2 Å². The summed E-state index contributed by atoms with van der Waals surface area (Å²) in [5.74, 6) is -0.404. The standard InChI is InChI=1S/C15H16FN3O/c1-9-6-10(2)14(8-13(9)17)19-15(20)18-12-5-3-4-11(16)7-12/h3-8H,17H2,1-2H3,(H2,18,19,20). The van der Waals surface area contributed by atoms with Crippen LogP contribution in [0.5, 0.6) is 0 Å². The van der Waals surface area contributed by atoms with E-state index in [-0.39, 0.29) is 0 Å². The summed E-state index contributed by atoms with van der Waals surface area (Å²) in [6.07, 6.45) is 0. The molecule has 0 aliphatic heterocycles. The van der Waals surface area contributed by atoms with Gasteiger partial charge in [0.15, 0.2) is 0 Å². The highest BCUT2D eigenvalue weighted by Gasteiger charge is 2.07. The maximum Gasteiger partial charge on any atom is 0.323 e. The fourth-order valence-corrected chi connectivity index (χ4v) is 1.85. The van der Waals surface area contributed by atoms with Crippen molar-refractivity contribution in [3.8, 4) is 0 Å². The quantitative estimate of drug-likeness (QED) is 0.731. The van der Waals surface area contributed by atoms with Crippen molar-refractivity contribution in [3.63, 3.8) is 0 Å². The Morgan fingerprint density at radius 3 is 2.55 bits per heavy atom. The van der Waals surface area contributed by atoms with Crippen LogP contribution >= 0.6 is 0 Å². The number of amides is 2. The second-order valence-electron chi connectivity index (χ2n) is 4.61. The van der Waals surface area contributed by atoms with Gasteiger partial charge in [0.1, 0.15) is 5.82 Å². The van der Waals surface area contributed by atoms with Gasteiger partial charge >= 0.3 is 6.03 Å². The Labute approximate surface area is 116 Å². The molecule has 0 aliphatic rings. The van der Waals surface area contributed by atoms with Crippen LogP contribution in [0.25, 0.3) is 0 Å². The molecular weight excluding hydrogens is 257 g/mol. The third-order valence-corrected chi connectivity index (χ3v) is 2.94. The van der Waals surface area contributed by atoms with Gasteiger partial charge in [0.2, 0.25) is 0 Å². The van der Waals surface area contributed by atoms with Crippen LogP contribution in [0.2, 0.25) is 0 Å². The molecule has 4 N–H and O–H groups in total. The Morgan fingerprint density at radius 1 is 1.10 bits per heavy atom. The van der Waals surface area contributed by atoms with Crippen molar-refractivity contribution >= 4 is 23.1 Å². The molecule has 2 aromatic rings. The smallest absolute Gasteiger partial charge is 0.323 e. The zero-order valence-electron chi connectivity index (χ0n) is 11.3.